The molecule has 0 heteroatoms. The second kappa shape index (κ2) is 11.8. The van der Waals surface area contributed by atoms with Gasteiger partial charge in [0.2, 0.25) is 0 Å². The van der Waals surface area contributed by atoms with Crippen molar-refractivity contribution >= 4 is 21.5 Å². The summed E-state index contributed by atoms with van der Waals surface area (Å²) in [5.74, 6) is 0. The van der Waals surface area contributed by atoms with Gasteiger partial charge in [-0.1, -0.05) is 206 Å². The van der Waals surface area contributed by atoms with Crippen LogP contribution in [0.4, 0.5) is 0 Å². The molecule has 0 unspecified atom stereocenters. The van der Waals surface area contributed by atoms with E-state index in [-0.39, 0.29) is 5.41 Å². The van der Waals surface area contributed by atoms with Gasteiger partial charge in [-0.2, -0.15) is 0 Å². The first kappa shape index (κ1) is 29.4. The molecular weight excluding hydrogens is 613 g/mol. The number of hydrogen-bond acceptors (Lipinski definition) is 0. The van der Waals surface area contributed by atoms with Crippen LogP contribution in [0.25, 0.3) is 66.1 Å². The highest BCUT2D eigenvalue weighted by Crippen LogP contribution is 2.56. The first-order valence-electron chi connectivity index (χ1n) is 17.8. The minimum Gasteiger partial charge on any atom is -0.0622 e. The van der Waals surface area contributed by atoms with Crippen molar-refractivity contribution in [1.82, 2.24) is 0 Å². The van der Waals surface area contributed by atoms with E-state index in [0.29, 0.717) is 0 Å². The lowest BCUT2D eigenvalue weighted by molar-refractivity contribution is 0.768. The molecule has 9 aromatic carbocycles. The highest BCUT2D eigenvalue weighted by Gasteiger charge is 2.45. The molecule has 0 bridgehead atoms. The van der Waals surface area contributed by atoms with Crippen LogP contribution in [0.5, 0.6) is 0 Å². The monoisotopic (exact) mass is 646 g/mol. The Labute approximate surface area is 298 Å². The predicted molar refractivity (Wildman–Crippen MR) is 215 cm³/mol. The van der Waals surface area contributed by atoms with Crippen LogP contribution in [-0.2, 0) is 5.41 Å². The zero-order valence-corrected chi connectivity index (χ0v) is 28.1. The summed E-state index contributed by atoms with van der Waals surface area (Å²) in [6, 6.07) is 75.9. The first-order chi connectivity index (χ1) is 25.3. The van der Waals surface area contributed by atoms with Crippen LogP contribution < -0.4 is 0 Å². The van der Waals surface area contributed by atoms with Gasteiger partial charge in [0.1, 0.15) is 0 Å². The molecule has 0 heterocycles. The molecule has 0 nitrogen and oxygen atoms in total. The van der Waals surface area contributed by atoms with Crippen LogP contribution in [0.2, 0.25) is 0 Å². The van der Waals surface area contributed by atoms with Crippen molar-refractivity contribution in [3.63, 3.8) is 0 Å². The number of hydrogen-bond donors (Lipinski definition) is 0. The van der Waals surface area contributed by atoms with Crippen molar-refractivity contribution in [3.8, 4) is 44.5 Å². The Morgan fingerprint density at radius 2 is 0.569 bits per heavy atom. The van der Waals surface area contributed by atoms with Crippen molar-refractivity contribution in [2.75, 3.05) is 0 Å². The molecule has 1 aliphatic carbocycles. The van der Waals surface area contributed by atoms with E-state index in [2.05, 4.69) is 206 Å². The molecule has 10 rings (SSSR count). The van der Waals surface area contributed by atoms with Crippen LogP contribution in [-0.4, -0.2) is 0 Å². The average Bonchev–Trinajstić information content (AvgIpc) is 3.52. The molecule has 0 fully saturated rings. The normalized spacial score (nSPS) is 12.9. The summed E-state index contributed by atoms with van der Waals surface area (Å²) in [5, 5.41) is 5.10. The Morgan fingerprint density at radius 3 is 1.06 bits per heavy atom. The fourth-order valence-corrected chi connectivity index (χ4v) is 8.81. The standard InChI is InChI=1S/C51H34/c1-3-15-37(16-4-1)49-43-21-7-9-23-45(43)50(46-24-10-8-22-44(46)49)38-29-27-35(28-30-38)36-31-33-40(34-32-36)51(39-17-5-2-6-18-39)47-25-13-11-19-41(47)42-20-12-14-26-48(42)51/h1-34H. The van der Waals surface area contributed by atoms with Gasteiger partial charge >= 0.3 is 0 Å². The molecule has 0 atom stereocenters. The number of rotatable bonds is 5. The van der Waals surface area contributed by atoms with E-state index >= 15 is 0 Å². The summed E-state index contributed by atoms with van der Waals surface area (Å²) < 4.78 is 0. The SMILES string of the molecule is c1ccc(-c2c3ccccc3c(-c3ccc(-c4ccc(C5(c6ccccc6)c6ccccc6-c6ccccc65)cc4)cc3)c3ccccc23)cc1. The van der Waals surface area contributed by atoms with Gasteiger partial charge in [0.05, 0.1) is 5.41 Å². The third kappa shape index (κ3) is 4.47. The molecule has 0 N–H and O–H groups in total. The molecule has 51 heavy (non-hydrogen) atoms. The Morgan fingerprint density at radius 1 is 0.235 bits per heavy atom. The number of benzene rings is 9. The van der Waals surface area contributed by atoms with Crippen LogP contribution >= 0.6 is 0 Å². The van der Waals surface area contributed by atoms with Crippen molar-refractivity contribution < 1.29 is 0 Å². The molecule has 0 aliphatic heterocycles. The molecule has 0 radical (unpaired) electrons. The molecule has 0 aromatic heterocycles. The predicted octanol–water partition coefficient (Wildman–Crippen LogP) is 13.4. The van der Waals surface area contributed by atoms with Crippen molar-refractivity contribution in [3.05, 3.63) is 229 Å². The Balaban J connectivity index is 1.09. The smallest absolute Gasteiger partial charge is 0.0622 e. The fraction of sp³-hybridized carbons (Fsp3) is 0.0196. The van der Waals surface area contributed by atoms with Gasteiger partial charge in [-0.25, -0.2) is 0 Å². The maximum Gasteiger partial charge on any atom is 0.0713 e. The van der Waals surface area contributed by atoms with E-state index in [9.17, 15) is 0 Å². The van der Waals surface area contributed by atoms with Crippen LogP contribution in [0.15, 0.2) is 206 Å². The molecule has 9 aromatic rings. The largest absolute Gasteiger partial charge is 0.0713 e. The van der Waals surface area contributed by atoms with Gasteiger partial charge in [-0.05, 0) is 88.3 Å². The van der Waals surface area contributed by atoms with Gasteiger partial charge in [-0.3, -0.25) is 0 Å². The zero-order valence-electron chi connectivity index (χ0n) is 28.1. The lowest BCUT2D eigenvalue weighted by Gasteiger charge is -2.34. The Bertz CT molecular complexity index is 2600. The minimum absolute atomic E-state index is 0.384. The van der Waals surface area contributed by atoms with E-state index < -0.39 is 0 Å². The number of fused-ring (bicyclic) bond motifs is 5. The minimum atomic E-state index is -0.384. The molecule has 0 saturated carbocycles. The topological polar surface area (TPSA) is 0 Å². The van der Waals surface area contributed by atoms with Gasteiger partial charge in [-0.15, -0.1) is 0 Å². The van der Waals surface area contributed by atoms with Gasteiger partial charge in [0.25, 0.3) is 0 Å². The van der Waals surface area contributed by atoms with Gasteiger partial charge in [0.15, 0.2) is 0 Å². The Hall–Kier alpha value is -6.50. The molecule has 0 saturated heterocycles. The van der Waals surface area contributed by atoms with E-state index in [0.717, 1.165) is 0 Å². The highest BCUT2D eigenvalue weighted by atomic mass is 14.5. The van der Waals surface area contributed by atoms with E-state index in [1.165, 1.54) is 88.3 Å². The van der Waals surface area contributed by atoms with Crippen LogP contribution in [0.3, 0.4) is 0 Å². The van der Waals surface area contributed by atoms with Crippen molar-refractivity contribution in [1.29, 1.82) is 0 Å². The summed E-state index contributed by atoms with van der Waals surface area (Å²) in [4.78, 5) is 0. The van der Waals surface area contributed by atoms with E-state index in [1.54, 1.807) is 0 Å². The lowest BCUT2D eigenvalue weighted by Crippen LogP contribution is -2.28. The second-order valence-corrected chi connectivity index (χ2v) is 13.6. The van der Waals surface area contributed by atoms with E-state index in [4.69, 9.17) is 0 Å². The maximum atomic E-state index is 2.35. The maximum absolute atomic E-state index is 2.35. The molecule has 0 spiro atoms. The van der Waals surface area contributed by atoms with Crippen LogP contribution in [0, 0.1) is 0 Å². The highest BCUT2D eigenvalue weighted by molar-refractivity contribution is 6.21. The summed E-state index contributed by atoms with van der Waals surface area (Å²) in [7, 11) is 0. The average molecular weight is 647 g/mol. The fourth-order valence-electron chi connectivity index (χ4n) is 8.81. The Kier molecular flexibility index (Phi) is 6.82. The molecule has 0 amide bonds. The van der Waals surface area contributed by atoms with Crippen molar-refractivity contribution in [2.24, 2.45) is 0 Å². The van der Waals surface area contributed by atoms with E-state index in [1.807, 2.05) is 0 Å². The summed E-state index contributed by atoms with van der Waals surface area (Å²) >= 11 is 0. The third-order valence-corrected chi connectivity index (χ3v) is 11.0. The quantitative estimate of drug-likeness (QED) is 0.163. The third-order valence-electron chi connectivity index (χ3n) is 11.0. The second-order valence-electron chi connectivity index (χ2n) is 13.6. The summed E-state index contributed by atoms with van der Waals surface area (Å²) in [6.45, 7) is 0. The summed E-state index contributed by atoms with van der Waals surface area (Å²) in [5.41, 5.74) is 15.0. The van der Waals surface area contributed by atoms with Crippen molar-refractivity contribution in [2.45, 2.75) is 5.41 Å². The summed E-state index contributed by atoms with van der Waals surface area (Å²) in [6.07, 6.45) is 0. The molecule has 1 aliphatic rings. The lowest BCUT2D eigenvalue weighted by atomic mass is 9.67. The zero-order chi connectivity index (χ0) is 33.8. The van der Waals surface area contributed by atoms with Gasteiger partial charge < -0.3 is 0 Å². The van der Waals surface area contributed by atoms with Gasteiger partial charge in [0, 0.05) is 0 Å². The molecule has 238 valence electrons. The first-order valence-corrected chi connectivity index (χ1v) is 17.8. The van der Waals surface area contributed by atoms with Crippen LogP contribution in [0.1, 0.15) is 22.3 Å². The molecular formula is C51H34.